The van der Waals surface area contributed by atoms with Gasteiger partial charge in [0.1, 0.15) is 11.8 Å². The lowest BCUT2D eigenvalue weighted by Crippen LogP contribution is -2.34. The number of carbonyl (C=O) groups is 1. The molecule has 1 saturated heterocycles. The molecule has 1 aliphatic rings. The van der Waals surface area contributed by atoms with Crippen LogP contribution in [0.2, 0.25) is 0 Å². The monoisotopic (exact) mass is 326 g/mol. The van der Waals surface area contributed by atoms with E-state index in [-0.39, 0.29) is 5.91 Å². The average molecular weight is 326 g/mol. The molecule has 0 aliphatic carbocycles. The number of aromatic amines is 1. The van der Waals surface area contributed by atoms with Crippen LogP contribution in [0.4, 0.5) is 0 Å². The SMILES string of the molecule is CCn1cc(C(=O)N2CCCN(Cc3c[nH]c(C#N)c3)CC2)cn1. The van der Waals surface area contributed by atoms with Crippen LogP contribution in [0.3, 0.4) is 0 Å². The molecular weight excluding hydrogens is 304 g/mol. The summed E-state index contributed by atoms with van der Waals surface area (Å²) in [6.45, 7) is 6.83. The zero-order chi connectivity index (χ0) is 16.9. The van der Waals surface area contributed by atoms with Gasteiger partial charge in [-0.1, -0.05) is 0 Å². The van der Waals surface area contributed by atoms with Gasteiger partial charge in [-0.2, -0.15) is 10.4 Å². The van der Waals surface area contributed by atoms with Gasteiger partial charge in [0.15, 0.2) is 0 Å². The van der Waals surface area contributed by atoms with Crippen molar-refractivity contribution in [1.82, 2.24) is 24.6 Å². The Bertz CT molecular complexity index is 740. The Balaban J connectivity index is 1.58. The molecule has 7 heteroatoms. The third kappa shape index (κ3) is 3.66. The highest BCUT2D eigenvalue weighted by atomic mass is 16.2. The fourth-order valence-corrected chi connectivity index (χ4v) is 3.01. The number of nitriles is 1. The van der Waals surface area contributed by atoms with Crippen molar-refractivity contribution in [3.05, 3.63) is 41.5 Å². The second-order valence-electron chi connectivity index (χ2n) is 6.04. The molecule has 2 aromatic heterocycles. The molecule has 7 nitrogen and oxygen atoms in total. The molecule has 126 valence electrons. The minimum absolute atomic E-state index is 0.0601. The van der Waals surface area contributed by atoms with Crippen molar-refractivity contribution in [2.75, 3.05) is 26.2 Å². The number of nitrogens with zero attached hydrogens (tertiary/aromatic N) is 5. The molecule has 24 heavy (non-hydrogen) atoms. The van der Waals surface area contributed by atoms with Crippen molar-refractivity contribution in [1.29, 1.82) is 5.26 Å². The van der Waals surface area contributed by atoms with Crippen molar-refractivity contribution in [2.45, 2.75) is 26.4 Å². The second-order valence-corrected chi connectivity index (χ2v) is 6.04. The molecule has 0 unspecified atom stereocenters. The minimum atomic E-state index is 0.0601. The number of rotatable bonds is 4. The van der Waals surface area contributed by atoms with Gasteiger partial charge in [-0.3, -0.25) is 14.4 Å². The highest BCUT2D eigenvalue weighted by Gasteiger charge is 2.21. The van der Waals surface area contributed by atoms with Crippen LogP contribution < -0.4 is 0 Å². The third-order valence-corrected chi connectivity index (χ3v) is 4.35. The fraction of sp³-hybridized carbons (Fsp3) is 0.471. The summed E-state index contributed by atoms with van der Waals surface area (Å²) in [7, 11) is 0. The maximum atomic E-state index is 12.6. The van der Waals surface area contributed by atoms with Gasteiger partial charge in [-0.25, -0.2) is 0 Å². The first kappa shape index (κ1) is 16.3. The molecule has 1 fully saturated rings. The molecule has 0 atom stereocenters. The van der Waals surface area contributed by atoms with E-state index < -0.39 is 0 Å². The smallest absolute Gasteiger partial charge is 0.257 e. The van der Waals surface area contributed by atoms with Gasteiger partial charge in [0.05, 0.1) is 11.8 Å². The van der Waals surface area contributed by atoms with Gasteiger partial charge in [0, 0.05) is 51.7 Å². The summed E-state index contributed by atoms with van der Waals surface area (Å²) in [5, 5.41) is 13.1. The molecule has 3 heterocycles. The number of aromatic nitrogens is 3. The highest BCUT2D eigenvalue weighted by molar-refractivity contribution is 5.93. The maximum absolute atomic E-state index is 12.6. The first-order valence-corrected chi connectivity index (χ1v) is 8.31. The van der Waals surface area contributed by atoms with E-state index in [1.165, 1.54) is 0 Å². The van der Waals surface area contributed by atoms with Crippen molar-refractivity contribution < 1.29 is 4.79 Å². The zero-order valence-corrected chi connectivity index (χ0v) is 13.9. The summed E-state index contributed by atoms with van der Waals surface area (Å²) in [5.74, 6) is 0.0601. The van der Waals surface area contributed by atoms with Crippen LogP contribution in [0.1, 0.15) is 35.0 Å². The molecule has 0 spiro atoms. The predicted molar refractivity (Wildman–Crippen MR) is 89.2 cm³/mol. The summed E-state index contributed by atoms with van der Waals surface area (Å²) < 4.78 is 1.77. The van der Waals surface area contributed by atoms with Crippen LogP contribution in [-0.4, -0.2) is 56.7 Å². The Morgan fingerprint density at radius 1 is 1.38 bits per heavy atom. The maximum Gasteiger partial charge on any atom is 0.257 e. The second kappa shape index (κ2) is 7.32. The molecule has 1 amide bonds. The Morgan fingerprint density at radius 2 is 2.25 bits per heavy atom. The molecule has 1 aliphatic heterocycles. The highest BCUT2D eigenvalue weighted by Crippen LogP contribution is 2.12. The molecule has 2 aromatic rings. The minimum Gasteiger partial charge on any atom is -0.353 e. The summed E-state index contributed by atoms with van der Waals surface area (Å²) in [6.07, 6.45) is 6.29. The largest absolute Gasteiger partial charge is 0.353 e. The van der Waals surface area contributed by atoms with E-state index in [2.05, 4.69) is 21.1 Å². The number of hydrogen-bond acceptors (Lipinski definition) is 4. The summed E-state index contributed by atoms with van der Waals surface area (Å²) in [6, 6.07) is 3.99. The number of hydrogen-bond donors (Lipinski definition) is 1. The predicted octanol–water partition coefficient (Wildman–Crippen LogP) is 1.45. The van der Waals surface area contributed by atoms with Crippen molar-refractivity contribution in [3.63, 3.8) is 0 Å². The normalized spacial score (nSPS) is 15.9. The Morgan fingerprint density at radius 3 is 2.96 bits per heavy atom. The van der Waals surface area contributed by atoms with E-state index in [9.17, 15) is 4.79 Å². The lowest BCUT2D eigenvalue weighted by atomic mass is 10.3. The summed E-state index contributed by atoms with van der Waals surface area (Å²) >= 11 is 0. The molecular formula is C17H22N6O. The molecule has 0 radical (unpaired) electrons. The van der Waals surface area contributed by atoms with Crippen molar-refractivity contribution in [3.8, 4) is 6.07 Å². The Kier molecular flexibility index (Phi) is 4.96. The lowest BCUT2D eigenvalue weighted by Gasteiger charge is -2.21. The molecule has 1 N–H and O–H groups in total. The van der Waals surface area contributed by atoms with Gasteiger partial charge >= 0.3 is 0 Å². The summed E-state index contributed by atoms with van der Waals surface area (Å²) in [5.41, 5.74) is 2.36. The first-order chi connectivity index (χ1) is 11.7. The fourth-order valence-electron chi connectivity index (χ4n) is 3.01. The van der Waals surface area contributed by atoms with Gasteiger partial charge < -0.3 is 9.88 Å². The van der Waals surface area contributed by atoms with E-state index in [0.29, 0.717) is 17.8 Å². The first-order valence-electron chi connectivity index (χ1n) is 8.31. The van der Waals surface area contributed by atoms with Crippen LogP contribution in [0.25, 0.3) is 0 Å². The van der Waals surface area contributed by atoms with Crippen LogP contribution in [-0.2, 0) is 13.1 Å². The quantitative estimate of drug-likeness (QED) is 0.922. The Labute approximate surface area is 141 Å². The molecule has 0 saturated carbocycles. The van der Waals surface area contributed by atoms with Crippen molar-refractivity contribution >= 4 is 5.91 Å². The van der Waals surface area contributed by atoms with Crippen LogP contribution in [0.15, 0.2) is 24.7 Å². The van der Waals surface area contributed by atoms with Gasteiger partial charge in [-0.05, 0) is 25.0 Å². The van der Waals surface area contributed by atoms with Crippen LogP contribution in [0.5, 0.6) is 0 Å². The van der Waals surface area contributed by atoms with E-state index in [4.69, 9.17) is 5.26 Å². The number of aryl methyl sites for hydroxylation is 1. The van der Waals surface area contributed by atoms with Crippen LogP contribution in [0, 0.1) is 11.3 Å². The molecule has 3 rings (SSSR count). The van der Waals surface area contributed by atoms with Gasteiger partial charge in [0.25, 0.3) is 5.91 Å². The summed E-state index contributed by atoms with van der Waals surface area (Å²) in [4.78, 5) is 19.8. The van der Waals surface area contributed by atoms with E-state index in [1.54, 1.807) is 10.9 Å². The lowest BCUT2D eigenvalue weighted by molar-refractivity contribution is 0.0761. The van der Waals surface area contributed by atoms with E-state index in [0.717, 1.165) is 44.7 Å². The standard InChI is InChI=1S/C17H22N6O/c1-2-23-13-15(11-20-23)17(24)22-5-3-4-21(6-7-22)12-14-8-16(9-18)19-10-14/h8,10-11,13,19H,2-7,12H2,1H3. The number of carbonyl (C=O) groups excluding carboxylic acids is 1. The van der Waals surface area contributed by atoms with Gasteiger partial charge in [-0.15, -0.1) is 0 Å². The third-order valence-electron chi connectivity index (χ3n) is 4.35. The number of nitrogens with one attached hydrogen (secondary N) is 1. The van der Waals surface area contributed by atoms with Gasteiger partial charge in [0.2, 0.25) is 0 Å². The number of amides is 1. The average Bonchev–Trinajstić information content (AvgIpc) is 3.20. The topological polar surface area (TPSA) is 81.0 Å². The van der Waals surface area contributed by atoms with E-state index >= 15 is 0 Å². The van der Waals surface area contributed by atoms with E-state index in [1.807, 2.05) is 30.3 Å². The number of H-pyrrole nitrogens is 1. The van der Waals surface area contributed by atoms with Crippen LogP contribution >= 0.6 is 0 Å². The molecule has 0 aromatic carbocycles. The Hall–Kier alpha value is -2.59. The molecule has 0 bridgehead atoms. The zero-order valence-electron chi connectivity index (χ0n) is 13.9. The van der Waals surface area contributed by atoms with Crippen molar-refractivity contribution in [2.24, 2.45) is 0 Å².